The number of likely N-dealkylation sites (N-methyl/N-ethyl adjacent to an activating group) is 1. The fraction of sp³-hybridized carbons (Fsp3) is 0.222. The van der Waals surface area contributed by atoms with Crippen LogP contribution in [-0.4, -0.2) is 46.2 Å². The number of hydrogen-bond donors (Lipinski definition) is 4. The molecule has 0 aliphatic carbocycles. The van der Waals surface area contributed by atoms with Crippen LogP contribution in [0.2, 0.25) is 0 Å². The normalized spacial score (nSPS) is 8.81. The Morgan fingerprint density at radius 2 is 2.19 bits per heavy atom. The van der Waals surface area contributed by atoms with E-state index in [0.29, 0.717) is 6.29 Å². The number of nitrogens with one attached hydrogen (secondary N) is 1. The average Bonchev–Trinajstić information content (AvgIpc) is 2.18. The Hall–Kier alpha value is -2.15. The molecule has 1 heterocycles. The maximum Gasteiger partial charge on any atom is 0.317 e. The van der Waals surface area contributed by atoms with Crippen molar-refractivity contribution in [1.29, 1.82) is 0 Å². The van der Waals surface area contributed by atoms with Crippen molar-refractivity contribution < 1.29 is 24.9 Å². The Balaban J connectivity index is 0.000000325. The van der Waals surface area contributed by atoms with Gasteiger partial charge in [0.1, 0.15) is 17.2 Å². The van der Waals surface area contributed by atoms with Crippen molar-refractivity contribution in [2.75, 3.05) is 13.6 Å². The number of carbonyl (C=O) groups is 2. The largest absolute Gasteiger partial charge is 0.506 e. The molecule has 7 heteroatoms. The molecule has 16 heavy (non-hydrogen) atoms. The molecule has 88 valence electrons. The summed E-state index contributed by atoms with van der Waals surface area (Å²) in [5, 5.41) is 27.9. The first-order valence-corrected chi connectivity index (χ1v) is 4.20. The Morgan fingerprint density at radius 1 is 1.56 bits per heavy atom. The van der Waals surface area contributed by atoms with Crippen LogP contribution in [0.4, 0.5) is 0 Å². The predicted octanol–water partition coefficient (Wildman–Crippen LogP) is -0.404. The Kier molecular flexibility index (Phi) is 6.22. The SMILES string of the molecule is CNCC(=O)O.O=Cc1ncc(O)cc1O. The number of carboxylic acids is 1. The lowest BCUT2D eigenvalue weighted by molar-refractivity contribution is -0.135. The molecule has 0 saturated carbocycles. The topological polar surface area (TPSA) is 120 Å². The molecule has 1 rings (SSSR count). The molecular weight excluding hydrogens is 216 g/mol. The van der Waals surface area contributed by atoms with E-state index in [4.69, 9.17) is 15.3 Å². The first-order chi connectivity index (χ1) is 7.51. The van der Waals surface area contributed by atoms with Crippen LogP contribution in [0, 0.1) is 0 Å². The maximum atomic E-state index is 10.0. The van der Waals surface area contributed by atoms with Gasteiger partial charge in [-0.2, -0.15) is 0 Å². The summed E-state index contributed by atoms with van der Waals surface area (Å²) in [5.74, 6) is -1.30. The Bertz CT molecular complexity index is 367. The van der Waals surface area contributed by atoms with Gasteiger partial charge < -0.3 is 20.6 Å². The molecule has 7 nitrogen and oxygen atoms in total. The van der Waals surface area contributed by atoms with Crippen molar-refractivity contribution in [3.8, 4) is 11.5 Å². The molecule has 0 aromatic carbocycles. The third-order valence-electron chi connectivity index (χ3n) is 1.32. The van der Waals surface area contributed by atoms with Gasteiger partial charge in [-0.25, -0.2) is 4.98 Å². The van der Waals surface area contributed by atoms with Gasteiger partial charge in [-0.1, -0.05) is 0 Å². The summed E-state index contributed by atoms with van der Waals surface area (Å²) in [6.07, 6.45) is 1.50. The number of carboxylic acid groups (broad SMARTS) is 1. The highest BCUT2D eigenvalue weighted by Crippen LogP contribution is 2.17. The zero-order valence-electron chi connectivity index (χ0n) is 8.54. The predicted molar refractivity (Wildman–Crippen MR) is 54.5 cm³/mol. The second-order valence-corrected chi connectivity index (χ2v) is 2.64. The highest BCUT2D eigenvalue weighted by atomic mass is 16.4. The van der Waals surface area contributed by atoms with Gasteiger partial charge in [-0.15, -0.1) is 0 Å². The first-order valence-electron chi connectivity index (χ1n) is 4.20. The van der Waals surface area contributed by atoms with E-state index in [0.717, 1.165) is 12.3 Å². The summed E-state index contributed by atoms with van der Waals surface area (Å²) in [6, 6.07) is 1.05. The van der Waals surface area contributed by atoms with E-state index in [9.17, 15) is 9.59 Å². The summed E-state index contributed by atoms with van der Waals surface area (Å²) in [4.78, 5) is 23.0. The fourth-order valence-electron chi connectivity index (χ4n) is 0.695. The smallest absolute Gasteiger partial charge is 0.317 e. The minimum Gasteiger partial charge on any atom is -0.506 e. The molecule has 0 aliphatic rings. The Labute approximate surface area is 91.4 Å². The highest BCUT2D eigenvalue weighted by Gasteiger charge is 2.00. The van der Waals surface area contributed by atoms with Crippen LogP contribution in [0.3, 0.4) is 0 Å². The van der Waals surface area contributed by atoms with Crippen LogP contribution >= 0.6 is 0 Å². The van der Waals surface area contributed by atoms with Crippen molar-refractivity contribution in [3.05, 3.63) is 18.0 Å². The summed E-state index contributed by atoms with van der Waals surface area (Å²) in [5.41, 5.74) is -0.0715. The number of aromatic nitrogens is 1. The number of aromatic hydroxyl groups is 2. The molecule has 1 aromatic heterocycles. The first kappa shape index (κ1) is 13.8. The standard InChI is InChI=1S/C6H5NO3.C3H7NO2/c8-3-5-6(10)1-4(9)2-7-5;1-4-2-3(5)6/h1-3,9-10H;4H,2H2,1H3,(H,5,6). The molecule has 0 spiro atoms. The third kappa shape index (κ3) is 5.55. The van der Waals surface area contributed by atoms with Gasteiger partial charge in [0.2, 0.25) is 0 Å². The second kappa shape index (κ2) is 7.18. The van der Waals surface area contributed by atoms with Gasteiger partial charge in [0.25, 0.3) is 0 Å². The van der Waals surface area contributed by atoms with Crippen molar-refractivity contribution in [1.82, 2.24) is 10.3 Å². The van der Waals surface area contributed by atoms with Crippen molar-refractivity contribution in [2.45, 2.75) is 0 Å². The number of aliphatic carboxylic acids is 1. The molecular formula is C9H12N2O5. The molecule has 0 fully saturated rings. The van der Waals surface area contributed by atoms with Crippen LogP contribution < -0.4 is 5.32 Å². The minimum absolute atomic E-state index is 0.0417. The van der Waals surface area contributed by atoms with Crippen molar-refractivity contribution >= 4 is 12.3 Å². The molecule has 0 aliphatic heterocycles. The third-order valence-corrected chi connectivity index (χ3v) is 1.32. The molecule has 4 N–H and O–H groups in total. The molecule has 1 aromatic rings. The van der Waals surface area contributed by atoms with Crippen LogP contribution in [0.25, 0.3) is 0 Å². The number of aldehydes is 1. The number of carbonyl (C=O) groups excluding carboxylic acids is 1. The van der Waals surface area contributed by atoms with Crippen LogP contribution in [0.5, 0.6) is 11.5 Å². The fourth-order valence-corrected chi connectivity index (χ4v) is 0.695. The number of nitrogens with zero attached hydrogens (tertiary/aromatic N) is 1. The van der Waals surface area contributed by atoms with Gasteiger partial charge in [0.15, 0.2) is 6.29 Å². The Morgan fingerprint density at radius 3 is 2.50 bits per heavy atom. The lowest BCUT2D eigenvalue weighted by atomic mass is 10.3. The molecule has 0 saturated heterocycles. The molecule has 0 radical (unpaired) electrons. The van der Waals surface area contributed by atoms with E-state index in [-0.39, 0.29) is 23.7 Å². The van der Waals surface area contributed by atoms with Gasteiger partial charge in [0, 0.05) is 6.07 Å². The van der Waals surface area contributed by atoms with E-state index >= 15 is 0 Å². The summed E-state index contributed by atoms with van der Waals surface area (Å²) >= 11 is 0. The number of rotatable bonds is 3. The summed E-state index contributed by atoms with van der Waals surface area (Å²) in [7, 11) is 1.59. The van der Waals surface area contributed by atoms with Crippen LogP contribution in [-0.2, 0) is 4.79 Å². The van der Waals surface area contributed by atoms with Crippen molar-refractivity contribution in [2.24, 2.45) is 0 Å². The second-order valence-electron chi connectivity index (χ2n) is 2.64. The lowest BCUT2D eigenvalue weighted by Crippen LogP contribution is -2.16. The van der Waals surface area contributed by atoms with Crippen LogP contribution in [0.15, 0.2) is 12.3 Å². The zero-order chi connectivity index (χ0) is 12.6. The zero-order valence-corrected chi connectivity index (χ0v) is 8.54. The van der Waals surface area contributed by atoms with Gasteiger partial charge >= 0.3 is 5.97 Å². The quantitative estimate of drug-likeness (QED) is 0.519. The molecule has 0 bridgehead atoms. The van der Waals surface area contributed by atoms with E-state index in [1.807, 2.05) is 0 Å². The average molecular weight is 228 g/mol. The maximum absolute atomic E-state index is 10.0. The van der Waals surface area contributed by atoms with Gasteiger partial charge in [-0.3, -0.25) is 9.59 Å². The molecule has 0 amide bonds. The van der Waals surface area contributed by atoms with E-state index < -0.39 is 5.97 Å². The lowest BCUT2D eigenvalue weighted by Gasteiger charge is -1.94. The monoisotopic (exact) mass is 228 g/mol. The van der Waals surface area contributed by atoms with E-state index in [2.05, 4.69) is 10.3 Å². The van der Waals surface area contributed by atoms with E-state index in [1.54, 1.807) is 7.05 Å². The van der Waals surface area contributed by atoms with E-state index in [1.165, 1.54) is 0 Å². The number of hydrogen-bond acceptors (Lipinski definition) is 6. The number of pyridine rings is 1. The van der Waals surface area contributed by atoms with Crippen molar-refractivity contribution in [3.63, 3.8) is 0 Å². The van der Waals surface area contributed by atoms with Crippen LogP contribution in [0.1, 0.15) is 10.5 Å². The minimum atomic E-state index is -0.822. The summed E-state index contributed by atoms with van der Waals surface area (Å²) in [6.45, 7) is 0.0417. The molecule has 0 unspecified atom stereocenters. The molecule has 0 atom stereocenters. The van der Waals surface area contributed by atoms with Gasteiger partial charge in [-0.05, 0) is 7.05 Å². The highest BCUT2D eigenvalue weighted by molar-refractivity contribution is 5.76. The van der Waals surface area contributed by atoms with Gasteiger partial charge in [0.05, 0.1) is 12.7 Å². The summed E-state index contributed by atoms with van der Waals surface area (Å²) < 4.78 is 0.